The van der Waals surface area contributed by atoms with Gasteiger partial charge in [-0.15, -0.1) is 0 Å². The van der Waals surface area contributed by atoms with E-state index >= 15 is 0 Å². The van der Waals surface area contributed by atoms with Crippen LogP contribution < -0.4 is 0 Å². The maximum atomic E-state index is 9.98. The molecular weight excluding hydrogens is 357 g/mol. The summed E-state index contributed by atoms with van der Waals surface area (Å²) in [5.41, 5.74) is 0. The molecule has 0 aromatic carbocycles. The van der Waals surface area contributed by atoms with Crippen molar-refractivity contribution in [2.75, 3.05) is 0 Å². The number of carbonyl (C=O) groups excluding carboxylic acids is 1. The van der Waals surface area contributed by atoms with Crippen LogP contribution in [0.15, 0.2) is 0 Å². The number of hydrogen-bond acceptors (Lipinski definition) is 7. The van der Waals surface area contributed by atoms with Crippen LogP contribution in [0.3, 0.4) is 0 Å². The Bertz CT molecular complexity index is 114. The molecule has 0 aromatic rings. The zero-order valence-electron chi connectivity index (χ0n) is 6.08. The van der Waals surface area contributed by atoms with E-state index in [0.717, 1.165) is 0 Å². The minimum atomic E-state index is -2.33. The summed E-state index contributed by atoms with van der Waals surface area (Å²) in [4.78, 5) is 9.98. The molecule has 0 aliphatic heterocycles. The van der Waals surface area contributed by atoms with E-state index in [1.54, 1.807) is 0 Å². The molecule has 13 heteroatoms. The molecule has 0 aliphatic carbocycles. The quantitative estimate of drug-likeness (QED) is 0.364. The summed E-state index contributed by atoms with van der Waals surface area (Å²) in [5.74, 6) is 0. The summed E-state index contributed by atoms with van der Waals surface area (Å²) in [7, 11) is -4.66. The van der Waals surface area contributed by atoms with Crippen molar-refractivity contribution in [3.63, 3.8) is 0 Å². The van der Waals surface area contributed by atoms with Crippen molar-refractivity contribution < 1.29 is 73.2 Å². The van der Waals surface area contributed by atoms with Crippen LogP contribution in [-0.4, -0.2) is 116 Å². The second-order valence-electron chi connectivity index (χ2n) is 1.14. The molecule has 4 N–H and O–H groups in total. The number of hydrogen-bond donors (Lipinski definition) is 4. The smallest absolute Gasteiger partial charge is 0 e. The first-order chi connectivity index (χ1) is 4.52. The predicted octanol–water partition coefficient (Wildman–Crippen LogP) is -4.76. The Hall–Kier alpha value is 3.01. The molecule has 0 spiro atoms. The van der Waals surface area contributed by atoms with Gasteiger partial charge in [-0.25, -0.2) is 4.79 Å². The Morgan fingerprint density at radius 2 is 1.07 bits per heavy atom. The first kappa shape index (κ1) is 30.2. The fourth-order valence-electron chi connectivity index (χ4n) is 0.200. The monoisotopic (exact) mass is 362 g/mol. The SMILES string of the molecule is O=C(OB(O)O)OB(O)O.[CaH2].[CaH2].[Zn].[Zn]. The molecule has 7 nitrogen and oxygen atoms in total. The maximum absolute atomic E-state index is 9.98. The average Bonchev–Trinajstić information content (AvgIpc) is 1.58. The molecule has 0 saturated carbocycles. The van der Waals surface area contributed by atoms with E-state index in [0.29, 0.717) is 0 Å². The molecule has 0 unspecified atom stereocenters. The largest absolute Gasteiger partial charge is 0 e. The van der Waals surface area contributed by atoms with Gasteiger partial charge in [-0.3, -0.25) is 0 Å². The van der Waals surface area contributed by atoms with Gasteiger partial charge in [-0.1, -0.05) is 0 Å². The van der Waals surface area contributed by atoms with Crippen molar-refractivity contribution in [1.82, 2.24) is 0 Å². The van der Waals surface area contributed by atoms with E-state index in [2.05, 4.69) is 9.31 Å². The van der Waals surface area contributed by atoms with E-state index in [1.807, 2.05) is 0 Å². The maximum Gasteiger partial charge on any atom is 0 e. The second-order valence-corrected chi connectivity index (χ2v) is 1.14. The fraction of sp³-hybridized carbons (Fsp3) is 0. The Kier molecular flexibility index (Phi) is 39.7. The van der Waals surface area contributed by atoms with E-state index in [4.69, 9.17) is 20.1 Å². The van der Waals surface area contributed by atoms with Gasteiger partial charge < -0.3 is 29.4 Å². The third-order valence-corrected chi connectivity index (χ3v) is 0.403. The molecule has 0 fully saturated rings. The van der Waals surface area contributed by atoms with E-state index in [1.165, 1.54) is 0 Å². The summed E-state index contributed by atoms with van der Waals surface area (Å²) in [6, 6.07) is 0. The zero-order valence-corrected chi connectivity index (χ0v) is 12.0. The molecule has 0 aliphatic rings. The molecule has 0 aromatic heterocycles. The van der Waals surface area contributed by atoms with Crippen molar-refractivity contribution in [3.8, 4) is 0 Å². The van der Waals surface area contributed by atoms with E-state index in [9.17, 15) is 4.79 Å². The first-order valence-electron chi connectivity index (χ1n) is 2.12. The van der Waals surface area contributed by atoms with Gasteiger partial charge in [0, 0.05) is 39.0 Å². The summed E-state index contributed by atoms with van der Waals surface area (Å²) >= 11 is 0. The van der Waals surface area contributed by atoms with Crippen LogP contribution in [0.4, 0.5) is 4.79 Å². The van der Waals surface area contributed by atoms with E-state index in [-0.39, 0.29) is 114 Å². The van der Waals surface area contributed by atoms with Crippen molar-refractivity contribution in [2.24, 2.45) is 0 Å². The summed E-state index contributed by atoms with van der Waals surface area (Å²) < 4.78 is 6.98. The molecule has 0 saturated heterocycles. The van der Waals surface area contributed by atoms with Crippen LogP contribution in [0.2, 0.25) is 0 Å². The van der Waals surface area contributed by atoms with Crippen LogP contribution in [0.5, 0.6) is 0 Å². The van der Waals surface area contributed by atoms with Crippen molar-refractivity contribution >= 4 is 96.3 Å². The Morgan fingerprint density at radius 1 is 0.857 bits per heavy atom. The van der Waals surface area contributed by atoms with Gasteiger partial charge in [0.05, 0.1) is 0 Å². The molecule has 0 rings (SSSR count). The van der Waals surface area contributed by atoms with Crippen molar-refractivity contribution in [2.45, 2.75) is 0 Å². The molecule has 0 radical (unpaired) electrons. The number of rotatable bonds is 2. The molecule has 0 bridgehead atoms. The van der Waals surface area contributed by atoms with Gasteiger partial charge in [-0.05, 0) is 0 Å². The fourth-order valence-corrected chi connectivity index (χ4v) is 0.200. The van der Waals surface area contributed by atoms with Crippen LogP contribution in [0.25, 0.3) is 0 Å². The van der Waals surface area contributed by atoms with Gasteiger partial charge in [0.25, 0.3) is 0 Å². The predicted molar refractivity (Wildman–Crippen MR) is 45.0 cm³/mol. The molecule has 0 amide bonds. The molecule has 0 heterocycles. The topological polar surface area (TPSA) is 116 Å². The van der Waals surface area contributed by atoms with Gasteiger partial charge in [0.2, 0.25) is 0 Å². The van der Waals surface area contributed by atoms with Gasteiger partial charge in [0.15, 0.2) is 0 Å². The molecule has 68 valence electrons. The second kappa shape index (κ2) is 18.4. The van der Waals surface area contributed by atoms with Crippen LogP contribution in [-0.2, 0) is 48.3 Å². The van der Waals surface area contributed by atoms with Crippen LogP contribution >= 0.6 is 0 Å². The molecular formula is CH8B2Ca2O7Zn2. The Labute approximate surface area is 166 Å². The average molecular weight is 365 g/mol. The third kappa shape index (κ3) is 24.3. The Balaban J connectivity index is -0.0000000675. The van der Waals surface area contributed by atoms with Gasteiger partial charge in [-0.2, -0.15) is 0 Å². The zero-order chi connectivity index (χ0) is 8.15. The molecule has 14 heavy (non-hydrogen) atoms. The van der Waals surface area contributed by atoms with Gasteiger partial charge >= 0.3 is 96.3 Å². The van der Waals surface area contributed by atoms with Crippen LogP contribution in [0, 0.1) is 0 Å². The minimum Gasteiger partial charge on any atom is 0 e. The summed E-state index contributed by atoms with van der Waals surface area (Å²) in [5, 5.41) is 31.6. The van der Waals surface area contributed by atoms with Crippen molar-refractivity contribution in [1.29, 1.82) is 0 Å². The summed E-state index contributed by atoms with van der Waals surface area (Å²) in [6.45, 7) is 0. The standard InChI is InChI=1S/CH4B2O7.2Ca.2Zn.4H/c4-1(9-2(5)6)10-3(7)8;;;;;;;;/h5-8H;;;;;;;;. The minimum absolute atomic E-state index is 0. The third-order valence-electron chi connectivity index (χ3n) is 0.403. The van der Waals surface area contributed by atoms with Crippen LogP contribution in [0.1, 0.15) is 0 Å². The number of carbonyl (C=O) groups is 1. The molecule has 0 atom stereocenters. The normalized spacial score (nSPS) is 6.00. The first-order valence-corrected chi connectivity index (χ1v) is 2.12. The van der Waals surface area contributed by atoms with Gasteiger partial charge in [0.1, 0.15) is 0 Å². The van der Waals surface area contributed by atoms with E-state index < -0.39 is 20.8 Å². The Morgan fingerprint density at radius 3 is 1.21 bits per heavy atom. The van der Waals surface area contributed by atoms with Crippen molar-refractivity contribution in [3.05, 3.63) is 0 Å². The summed E-state index contributed by atoms with van der Waals surface area (Å²) in [6.07, 6.45) is -1.59.